The number of carboxylic acid groups (broad SMARTS) is 1. The third-order valence-corrected chi connectivity index (χ3v) is 4.88. The molecule has 0 saturated carbocycles. The zero-order valence-electron chi connectivity index (χ0n) is 17.3. The fraction of sp³-hybridized carbons (Fsp3) is 0.778. The highest BCUT2D eigenvalue weighted by Gasteiger charge is 2.30. The van der Waals surface area contributed by atoms with Gasteiger partial charge in [0.1, 0.15) is 18.1 Å². The molecule has 0 aromatic carbocycles. The van der Waals surface area contributed by atoms with E-state index in [1.54, 1.807) is 0 Å². The Balaban J connectivity index is 5.20. The topological polar surface area (TPSA) is 171 Å². The molecule has 0 heterocycles. The molecule has 7 N–H and O–H groups in total. The van der Waals surface area contributed by atoms with Gasteiger partial charge in [-0.15, -0.1) is 0 Å². The highest BCUT2D eigenvalue weighted by molar-refractivity contribution is 7.80. The van der Waals surface area contributed by atoms with E-state index in [9.17, 15) is 19.2 Å². The second-order valence-corrected chi connectivity index (χ2v) is 7.79. The molecule has 0 aliphatic rings. The van der Waals surface area contributed by atoms with Crippen molar-refractivity contribution in [2.24, 2.45) is 17.6 Å². The minimum absolute atomic E-state index is 0.0693. The first-order valence-electron chi connectivity index (χ1n) is 9.59. The maximum atomic E-state index is 12.7. The summed E-state index contributed by atoms with van der Waals surface area (Å²) in [7, 11) is 0. The maximum Gasteiger partial charge on any atom is 0.328 e. The molecule has 5 atom stereocenters. The van der Waals surface area contributed by atoms with Crippen LogP contribution in [0.5, 0.6) is 0 Å². The average Bonchev–Trinajstić information content (AvgIpc) is 2.67. The van der Waals surface area contributed by atoms with Gasteiger partial charge in [0.2, 0.25) is 17.7 Å². The Morgan fingerprint density at radius 3 is 1.83 bits per heavy atom. The van der Waals surface area contributed by atoms with Crippen LogP contribution < -0.4 is 21.7 Å². The molecule has 168 valence electrons. The summed E-state index contributed by atoms with van der Waals surface area (Å²) in [6, 6.07) is -4.33. The number of nitrogens with two attached hydrogens (primary N) is 1. The van der Waals surface area contributed by atoms with Crippen molar-refractivity contribution < 1.29 is 29.4 Å². The second kappa shape index (κ2) is 13.4. The Morgan fingerprint density at radius 1 is 0.931 bits per heavy atom. The summed E-state index contributed by atoms with van der Waals surface area (Å²) in [4.78, 5) is 48.3. The van der Waals surface area contributed by atoms with E-state index < -0.39 is 54.5 Å². The number of carboxylic acids is 1. The molecule has 0 rings (SSSR count). The molecule has 0 spiro atoms. The summed E-state index contributed by atoms with van der Waals surface area (Å²) in [5, 5.41) is 25.2. The van der Waals surface area contributed by atoms with Gasteiger partial charge in [0.15, 0.2) is 0 Å². The van der Waals surface area contributed by atoms with Gasteiger partial charge in [-0.2, -0.15) is 12.6 Å². The highest BCUT2D eigenvalue weighted by Crippen LogP contribution is 2.09. The summed E-state index contributed by atoms with van der Waals surface area (Å²) in [5.41, 5.74) is 5.93. The Hall–Kier alpha value is -1.85. The van der Waals surface area contributed by atoms with E-state index in [1.165, 1.54) is 0 Å². The molecule has 0 fully saturated rings. The summed E-state index contributed by atoms with van der Waals surface area (Å²) in [6.45, 7) is 6.70. The number of amides is 3. The smallest absolute Gasteiger partial charge is 0.328 e. The lowest BCUT2D eigenvalue weighted by atomic mass is 9.97. The van der Waals surface area contributed by atoms with Crippen LogP contribution in [-0.4, -0.2) is 70.4 Å². The Labute approximate surface area is 176 Å². The van der Waals surface area contributed by atoms with Gasteiger partial charge < -0.3 is 31.9 Å². The van der Waals surface area contributed by atoms with Crippen LogP contribution in [0.15, 0.2) is 0 Å². The van der Waals surface area contributed by atoms with Crippen LogP contribution in [0.2, 0.25) is 0 Å². The monoisotopic (exact) mass is 434 g/mol. The number of hydrogen-bond acceptors (Lipinski definition) is 7. The lowest BCUT2D eigenvalue weighted by molar-refractivity contribution is -0.143. The first-order valence-corrected chi connectivity index (χ1v) is 10.2. The molecule has 10 nitrogen and oxygen atoms in total. The average molecular weight is 435 g/mol. The SMILES string of the molecule is CCC(C)C(N)C(=O)NC(CC(C)C)C(=O)NC(CS)C(=O)NC(CO)C(=O)O. The van der Waals surface area contributed by atoms with Gasteiger partial charge in [-0.3, -0.25) is 14.4 Å². The number of aliphatic carboxylic acids is 1. The van der Waals surface area contributed by atoms with Crippen molar-refractivity contribution in [3.05, 3.63) is 0 Å². The molecule has 0 radical (unpaired) electrons. The van der Waals surface area contributed by atoms with Crippen LogP contribution in [0.1, 0.15) is 40.5 Å². The predicted octanol–water partition coefficient (Wildman–Crippen LogP) is -1.13. The summed E-state index contributed by atoms with van der Waals surface area (Å²) in [5.74, 6) is -3.38. The normalized spacial score (nSPS) is 16.3. The summed E-state index contributed by atoms with van der Waals surface area (Å²) >= 11 is 4.02. The van der Waals surface area contributed by atoms with Gasteiger partial charge in [-0.05, 0) is 18.3 Å². The van der Waals surface area contributed by atoms with E-state index in [4.69, 9.17) is 15.9 Å². The van der Waals surface area contributed by atoms with Crippen LogP contribution in [-0.2, 0) is 19.2 Å². The third kappa shape index (κ3) is 9.46. The molecule has 3 amide bonds. The number of nitrogens with one attached hydrogen (secondary N) is 3. The lowest BCUT2D eigenvalue weighted by Crippen LogP contribution is -2.58. The Morgan fingerprint density at radius 2 is 1.41 bits per heavy atom. The summed E-state index contributed by atoms with van der Waals surface area (Å²) in [6.07, 6.45) is 1.02. The van der Waals surface area contributed by atoms with Crippen molar-refractivity contribution >= 4 is 36.3 Å². The minimum Gasteiger partial charge on any atom is -0.480 e. The molecule has 0 aliphatic carbocycles. The largest absolute Gasteiger partial charge is 0.480 e. The number of rotatable bonds is 13. The van der Waals surface area contributed by atoms with E-state index >= 15 is 0 Å². The van der Waals surface area contributed by atoms with E-state index in [1.807, 2.05) is 27.7 Å². The lowest BCUT2D eigenvalue weighted by Gasteiger charge is -2.26. The van der Waals surface area contributed by atoms with Gasteiger partial charge in [-0.1, -0.05) is 34.1 Å². The van der Waals surface area contributed by atoms with Crippen molar-refractivity contribution in [2.45, 2.75) is 64.7 Å². The van der Waals surface area contributed by atoms with E-state index in [2.05, 4.69) is 28.6 Å². The standard InChI is InChI=1S/C18H34N4O6S/c1-5-10(4)14(19)17(26)20-11(6-9(2)3)15(24)22-13(8-29)16(25)21-12(7-23)18(27)28/h9-14,23,29H,5-8,19H2,1-4H3,(H,20,26)(H,21,25)(H,22,24)(H,27,28). The quantitative estimate of drug-likeness (QED) is 0.180. The molecular weight excluding hydrogens is 400 g/mol. The molecule has 0 aliphatic heterocycles. The van der Waals surface area contributed by atoms with E-state index in [0.29, 0.717) is 12.8 Å². The van der Waals surface area contributed by atoms with Crippen molar-refractivity contribution in [2.75, 3.05) is 12.4 Å². The first-order chi connectivity index (χ1) is 13.5. The van der Waals surface area contributed by atoms with Crippen molar-refractivity contribution in [3.8, 4) is 0 Å². The van der Waals surface area contributed by atoms with Gasteiger partial charge in [0, 0.05) is 5.75 Å². The maximum absolute atomic E-state index is 12.7. The summed E-state index contributed by atoms with van der Waals surface area (Å²) < 4.78 is 0. The van der Waals surface area contributed by atoms with Crippen molar-refractivity contribution in [1.82, 2.24) is 16.0 Å². The highest BCUT2D eigenvalue weighted by atomic mass is 32.1. The zero-order chi connectivity index (χ0) is 22.7. The minimum atomic E-state index is -1.50. The molecule has 11 heteroatoms. The van der Waals surface area contributed by atoms with E-state index in [-0.39, 0.29) is 17.6 Å². The number of thiol groups is 1. The number of carbonyl (C=O) groups excluding carboxylic acids is 3. The molecule has 29 heavy (non-hydrogen) atoms. The van der Waals surface area contributed by atoms with Gasteiger partial charge in [0.25, 0.3) is 0 Å². The molecular formula is C18H34N4O6S. The zero-order valence-corrected chi connectivity index (χ0v) is 18.2. The second-order valence-electron chi connectivity index (χ2n) is 7.43. The molecule has 0 bridgehead atoms. The van der Waals surface area contributed by atoms with Crippen LogP contribution >= 0.6 is 12.6 Å². The fourth-order valence-electron chi connectivity index (χ4n) is 2.41. The van der Waals surface area contributed by atoms with Crippen LogP contribution in [0.25, 0.3) is 0 Å². The van der Waals surface area contributed by atoms with Gasteiger partial charge >= 0.3 is 5.97 Å². The Bertz CT molecular complexity index is 575. The van der Waals surface area contributed by atoms with Crippen LogP contribution in [0.3, 0.4) is 0 Å². The van der Waals surface area contributed by atoms with Gasteiger partial charge in [-0.25, -0.2) is 4.79 Å². The molecule has 0 aromatic heterocycles. The first kappa shape index (κ1) is 27.1. The number of aliphatic hydroxyl groups excluding tert-OH is 1. The van der Waals surface area contributed by atoms with Crippen molar-refractivity contribution in [1.29, 1.82) is 0 Å². The fourth-order valence-corrected chi connectivity index (χ4v) is 2.66. The molecule has 0 saturated heterocycles. The van der Waals surface area contributed by atoms with E-state index in [0.717, 1.165) is 0 Å². The molecule has 0 aromatic rings. The number of aliphatic hydroxyl groups is 1. The van der Waals surface area contributed by atoms with Crippen LogP contribution in [0.4, 0.5) is 0 Å². The third-order valence-electron chi connectivity index (χ3n) is 4.51. The predicted molar refractivity (Wildman–Crippen MR) is 111 cm³/mol. The Kier molecular flexibility index (Phi) is 12.5. The van der Waals surface area contributed by atoms with Gasteiger partial charge in [0.05, 0.1) is 12.6 Å². The van der Waals surface area contributed by atoms with Crippen LogP contribution in [0, 0.1) is 11.8 Å². The molecule has 5 unspecified atom stereocenters. The number of carbonyl (C=O) groups is 4. The number of hydrogen-bond donors (Lipinski definition) is 7. The van der Waals surface area contributed by atoms with Crippen molar-refractivity contribution in [3.63, 3.8) is 0 Å².